The van der Waals surface area contributed by atoms with Crippen LogP contribution in [0.1, 0.15) is 80.3 Å². The molecule has 0 radical (unpaired) electrons. The number of thioether (sulfide) groups is 1. The van der Waals surface area contributed by atoms with E-state index < -0.39 is 11.7 Å². The van der Waals surface area contributed by atoms with E-state index >= 15 is 0 Å². The van der Waals surface area contributed by atoms with E-state index in [4.69, 9.17) is 0 Å². The molecule has 1 saturated carbocycles. The number of alkyl halides is 3. The van der Waals surface area contributed by atoms with Crippen molar-refractivity contribution < 1.29 is 22.4 Å². The Morgan fingerprint density at radius 1 is 0.961 bits per heavy atom. The molecule has 3 atom stereocenters. The second-order valence-electron chi connectivity index (χ2n) is 14.0. The first kappa shape index (κ1) is 36.9. The van der Waals surface area contributed by atoms with Gasteiger partial charge in [0.2, 0.25) is 5.91 Å². The van der Waals surface area contributed by atoms with Crippen molar-refractivity contribution in [1.29, 1.82) is 0 Å². The van der Waals surface area contributed by atoms with Gasteiger partial charge in [-0.2, -0.15) is 18.2 Å². The highest BCUT2D eigenvalue weighted by atomic mass is 32.2. The Hall–Kier alpha value is -3.92. The largest absolute Gasteiger partial charge is 0.416 e. The Kier molecular flexibility index (Phi) is 11.7. The summed E-state index contributed by atoms with van der Waals surface area (Å²) in [7, 11) is 0. The first-order valence-electron chi connectivity index (χ1n) is 18.1. The van der Waals surface area contributed by atoms with Gasteiger partial charge in [-0.3, -0.25) is 9.59 Å². The van der Waals surface area contributed by atoms with Crippen molar-refractivity contribution in [3.63, 3.8) is 0 Å². The van der Waals surface area contributed by atoms with Crippen LogP contribution in [0.25, 0.3) is 11.1 Å². The first-order chi connectivity index (χ1) is 24.5. The van der Waals surface area contributed by atoms with Gasteiger partial charge in [-0.25, -0.2) is 4.39 Å². The minimum absolute atomic E-state index is 0.0549. The van der Waals surface area contributed by atoms with Crippen molar-refractivity contribution in [2.75, 3.05) is 6.54 Å². The summed E-state index contributed by atoms with van der Waals surface area (Å²) >= 11 is 1.38. The predicted molar refractivity (Wildman–Crippen MR) is 194 cm³/mol. The number of hydrogen-bond donors (Lipinski definition) is 0. The number of rotatable bonds is 15. The molecule has 1 fully saturated rings. The zero-order valence-electron chi connectivity index (χ0n) is 29.2. The lowest BCUT2D eigenvalue weighted by Crippen LogP contribution is -2.36. The highest BCUT2D eigenvalue weighted by Gasteiger charge is 2.41. The third-order valence-electron chi connectivity index (χ3n) is 10.5. The molecule has 2 aliphatic carbocycles. The van der Waals surface area contributed by atoms with Gasteiger partial charge in [-0.05, 0) is 96.4 Å². The van der Waals surface area contributed by atoms with Crippen LogP contribution in [-0.2, 0) is 42.7 Å². The van der Waals surface area contributed by atoms with Crippen LogP contribution in [0.5, 0.6) is 0 Å². The predicted octanol–water partition coefficient (Wildman–Crippen LogP) is 9.73. The smallest absolute Gasteiger partial charge is 0.337 e. The van der Waals surface area contributed by atoms with E-state index in [9.17, 15) is 27.2 Å². The Balaban J connectivity index is 1.23. The van der Waals surface area contributed by atoms with Crippen LogP contribution >= 0.6 is 11.8 Å². The summed E-state index contributed by atoms with van der Waals surface area (Å²) in [5, 5.41) is 0.492. The molecule has 51 heavy (non-hydrogen) atoms. The lowest BCUT2D eigenvalue weighted by atomic mass is 9.94. The summed E-state index contributed by atoms with van der Waals surface area (Å²) in [6.07, 6.45) is 3.45. The summed E-state index contributed by atoms with van der Waals surface area (Å²) < 4.78 is 54.8. The topological polar surface area (TPSA) is 55.2 Å². The van der Waals surface area contributed by atoms with E-state index in [0.717, 1.165) is 59.7 Å². The molecular formula is C41H45F4N3O2S. The van der Waals surface area contributed by atoms with Crippen LogP contribution in [0.3, 0.4) is 0 Å². The number of aromatic nitrogens is 2. The summed E-state index contributed by atoms with van der Waals surface area (Å²) in [5.74, 6) is 2.13. The Morgan fingerprint density at radius 2 is 1.63 bits per heavy atom. The van der Waals surface area contributed by atoms with Gasteiger partial charge in [-0.1, -0.05) is 93.4 Å². The van der Waals surface area contributed by atoms with Crippen molar-refractivity contribution in [3.05, 3.63) is 117 Å². The van der Waals surface area contributed by atoms with Gasteiger partial charge < -0.3 is 9.47 Å². The van der Waals surface area contributed by atoms with Crippen LogP contribution < -0.4 is 5.56 Å². The normalized spacial score (nSPS) is 17.3. The SMILES string of the molecule is CCCC1CC1C(CC)CCN(Cc1ccc(-c2ccc(C(F)(F)F)cc2)cc1)C(=O)Cn1c(SCc2ccc(F)cc2)nc(=O)c2c1CCC2. The maximum Gasteiger partial charge on any atom is 0.416 e. The molecule has 0 N–H and O–H groups in total. The summed E-state index contributed by atoms with van der Waals surface area (Å²) in [6, 6.07) is 19.0. The molecule has 3 unspecified atom stereocenters. The molecule has 10 heteroatoms. The number of benzene rings is 3. The van der Waals surface area contributed by atoms with Gasteiger partial charge in [0.25, 0.3) is 5.56 Å². The molecule has 0 spiro atoms. The fourth-order valence-electron chi connectivity index (χ4n) is 7.58. The second-order valence-corrected chi connectivity index (χ2v) is 14.9. The van der Waals surface area contributed by atoms with E-state index in [0.29, 0.717) is 59.8 Å². The van der Waals surface area contributed by atoms with Crippen molar-refractivity contribution in [2.45, 2.75) is 95.4 Å². The molecule has 4 aromatic rings. The Bertz CT molecular complexity index is 1860. The number of nitrogens with zero attached hydrogens (tertiary/aromatic N) is 3. The molecule has 1 heterocycles. The van der Waals surface area contributed by atoms with Crippen molar-refractivity contribution in [3.8, 4) is 11.1 Å². The third kappa shape index (κ3) is 9.12. The van der Waals surface area contributed by atoms with Crippen molar-refractivity contribution >= 4 is 17.7 Å². The molecule has 270 valence electrons. The molecule has 0 aliphatic heterocycles. The zero-order chi connectivity index (χ0) is 36.1. The van der Waals surface area contributed by atoms with Gasteiger partial charge in [0, 0.05) is 30.1 Å². The molecule has 5 nitrogen and oxygen atoms in total. The molecule has 0 bridgehead atoms. The van der Waals surface area contributed by atoms with E-state index in [1.807, 2.05) is 33.7 Å². The van der Waals surface area contributed by atoms with Gasteiger partial charge in [0.15, 0.2) is 5.16 Å². The van der Waals surface area contributed by atoms with Crippen LogP contribution in [0.15, 0.2) is 82.7 Å². The molecule has 2 aliphatic rings. The quantitative estimate of drug-likeness (QED) is 0.0698. The van der Waals surface area contributed by atoms with Crippen LogP contribution in [0.4, 0.5) is 17.6 Å². The van der Waals surface area contributed by atoms with E-state index in [1.54, 1.807) is 12.1 Å². The maximum atomic E-state index is 14.4. The number of amides is 1. The van der Waals surface area contributed by atoms with Gasteiger partial charge in [0.05, 0.1) is 5.56 Å². The highest BCUT2D eigenvalue weighted by molar-refractivity contribution is 7.98. The van der Waals surface area contributed by atoms with Gasteiger partial charge in [-0.15, -0.1) is 0 Å². The summed E-state index contributed by atoms with van der Waals surface area (Å²) in [6.45, 7) is 5.51. The number of fused-ring (bicyclic) bond motifs is 1. The van der Waals surface area contributed by atoms with Crippen molar-refractivity contribution in [1.82, 2.24) is 14.5 Å². The van der Waals surface area contributed by atoms with Crippen LogP contribution in [0, 0.1) is 23.6 Å². The fraction of sp³-hybridized carbons (Fsp3) is 0.439. The molecular weight excluding hydrogens is 675 g/mol. The lowest BCUT2D eigenvalue weighted by molar-refractivity contribution is -0.137. The summed E-state index contributed by atoms with van der Waals surface area (Å²) in [4.78, 5) is 33.7. The standard InChI is InChI=1S/C41H45F4N3O2S/c1-3-6-32-23-36(32)29(4-2)21-22-47(24-27-9-13-30(14-10-27)31-15-17-33(18-16-31)41(43,44)45)38(49)25-48-37-8-5-7-35(37)39(50)46-40(48)51-26-28-11-19-34(42)20-12-28/h9-20,29,32,36H,3-8,21-26H2,1-2H3. The Labute approximate surface area is 301 Å². The second kappa shape index (κ2) is 16.2. The number of carbonyl (C=O) groups is 1. The van der Waals surface area contributed by atoms with E-state index in [1.165, 1.54) is 55.3 Å². The number of carbonyl (C=O) groups excluding carboxylic acids is 1. The molecule has 1 aromatic heterocycles. The van der Waals surface area contributed by atoms with Crippen molar-refractivity contribution in [2.24, 2.45) is 17.8 Å². The maximum absolute atomic E-state index is 14.4. The highest BCUT2D eigenvalue weighted by Crippen LogP contribution is 2.49. The molecule has 3 aromatic carbocycles. The monoisotopic (exact) mass is 719 g/mol. The average molecular weight is 720 g/mol. The average Bonchev–Trinajstić information content (AvgIpc) is 3.69. The molecule has 6 rings (SSSR count). The minimum atomic E-state index is -4.39. The lowest BCUT2D eigenvalue weighted by Gasteiger charge is -2.27. The first-order valence-corrected chi connectivity index (χ1v) is 19.1. The summed E-state index contributed by atoms with van der Waals surface area (Å²) in [5.41, 5.74) is 3.93. The molecule has 0 saturated heterocycles. The number of halogens is 4. The fourth-order valence-corrected chi connectivity index (χ4v) is 8.55. The van der Waals surface area contributed by atoms with Gasteiger partial charge >= 0.3 is 6.18 Å². The molecule has 1 amide bonds. The minimum Gasteiger partial charge on any atom is -0.337 e. The third-order valence-corrected chi connectivity index (χ3v) is 11.6. The van der Waals surface area contributed by atoms with Crippen LogP contribution in [0.2, 0.25) is 0 Å². The number of hydrogen-bond acceptors (Lipinski definition) is 4. The zero-order valence-corrected chi connectivity index (χ0v) is 30.0. The van der Waals surface area contributed by atoms with Gasteiger partial charge in [0.1, 0.15) is 12.4 Å². The Morgan fingerprint density at radius 3 is 2.27 bits per heavy atom. The van der Waals surface area contributed by atoms with Crippen LogP contribution in [-0.4, -0.2) is 26.9 Å². The van der Waals surface area contributed by atoms with E-state index in [-0.39, 0.29) is 23.8 Å². The van der Waals surface area contributed by atoms with E-state index in [2.05, 4.69) is 18.8 Å².